The predicted molar refractivity (Wildman–Crippen MR) is 90.2 cm³/mol. The molecule has 0 aliphatic rings. The average Bonchev–Trinajstić information content (AvgIpc) is 2.46. The van der Waals surface area contributed by atoms with Gasteiger partial charge in [-0.1, -0.05) is 18.2 Å². The first-order chi connectivity index (χ1) is 10.4. The van der Waals surface area contributed by atoms with E-state index >= 15 is 0 Å². The Hall–Kier alpha value is -1.92. The molecule has 0 heterocycles. The zero-order chi connectivity index (χ0) is 16.3. The van der Waals surface area contributed by atoms with E-state index in [4.69, 9.17) is 5.73 Å². The fraction of sp³-hybridized carbons (Fsp3) is 0.312. The summed E-state index contributed by atoms with van der Waals surface area (Å²) in [6.07, 6.45) is 0.355. The van der Waals surface area contributed by atoms with Crippen molar-refractivity contribution in [1.29, 1.82) is 0 Å². The Labute approximate surface area is 132 Å². The van der Waals surface area contributed by atoms with Gasteiger partial charge in [0.1, 0.15) is 0 Å². The lowest BCUT2D eigenvalue weighted by atomic mass is 10.0. The molecule has 1 amide bonds. The summed E-state index contributed by atoms with van der Waals surface area (Å²) in [5, 5.41) is 1.45. The Kier molecular flexibility index (Phi) is 5.15. The quantitative estimate of drug-likeness (QED) is 0.801. The van der Waals surface area contributed by atoms with Crippen LogP contribution in [0.2, 0.25) is 0 Å². The van der Waals surface area contributed by atoms with E-state index in [1.54, 1.807) is 0 Å². The molecule has 2 aromatic rings. The largest absolute Gasteiger partial charge is 0.378 e. The molecule has 118 valence electrons. The molecule has 0 aromatic heterocycles. The molecular weight excluding hydrogens is 300 g/mol. The third-order valence-electron chi connectivity index (χ3n) is 3.63. The molecular formula is C16H20N2O3S. The Bertz CT molecular complexity index is 716. The third-order valence-corrected chi connectivity index (χ3v) is 4.63. The standard InChI is InChI=1S/C16H20N2O3S/c1-18(2)14-6-5-11-9-13(4-3-12(11)10-14)15(22(20)21)7-8-16(17)19/h3-6,9-10,15H,7-8H2,1-2H3,(H2,17,19)(H,20,21). The molecule has 2 atom stereocenters. The van der Waals surface area contributed by atoms with Crippen LogP contribution in [0.15, 0.2) is 36.4 Å². The van der Waals surface area contributed by atoms with Gasteiger partial charge in [-0.3, -0.25) is 4.79 Å². The van der Waals surface area contributed by atoms with Crippen molar-refractivity contribution in [1.82, 2.24) is 0 Å². The van der Waals surface area contributed by atoms with Crippen LogP contribution < -0.4 is 10.6 Å². The number of nitrogens with zero attached hydrogens (tertiary/aromatic N) is 1. The van der Waals surface area contributed by atoms with E-state index in [9.17, 15) is 13.6 Å². The maximum Gasteiger partial charge on any atom is 0.217 e. The second kappa shape index (κ2) is 6.89. The lowest BCUT2D eigenvalue weighted by molar-refractivity contribution is -0.118. The summed E-state index contributed by atoms with van der Waals surface area (Å²) < 4.78 is 21.0. The molecule has 2 unspecified atom stereocenters. The van der Waals surface area contributed by atoms with Crippen molar-refractivity contribution in [3.8, 4) is 0 Å². The number of hydrogen-bond donors (Lipinski definition) is 2. The van der Waals surface area contributed by atoms with Crippen molar-refractivity contribution in [2.75, 3.05) is 19.0 Å². The maximum absolute atomic E-state index is 11.5. The van der Waals surface area contributed by atoms with Crippen LogP contribution in [0.5, 0.6) is 0 Å². The highest BCUT2D eigenvalue weighted by Crippen LogP contribution is 2.29. The summed E-state index contributed by atoms with van der Waals surface area (Å²) >= 11 is -2.04. The smallest absolute Gasteiger partial charge is 0.217 e. The van der Waals surface area contributed by atoms with Crippen LogP contribution in [-0.2, 0) is 15.9 Å². The Balaban J connectivity index is 2.36. The second-order valence-electron chi connectivity index (χ2n) is 5.46. The van der Waals surface area contributed by atoms with Crippen LogP contribution >= 0.6 is 0 Å². The maximum atomic E-state index is 11.5. The van der Waals surface area contributed by atoms with Gasteiger partial charge in [-0.2, -0.15) is 0 Å². The van der Waals surface area contributed by atoms with Gasteiger partial charge in [-0.25, -0.2) is 4.21 Å². The van der Waals surface area contributed by atoms with E-state index < -0.39 is 22.2 Å². The molecule has 3 N–H and O–H groups in total. The zero-order valence-corrected chi connectivity index (χ0v) is 13.5. The Morgan fingerprint density at radius 2 is 1.86 bits per heavy atom. The minimum Gasteiger partial charge on any atom is -0.378 e. The summed E-state index contributed by atoms with van der Waals surface area (Å²) in [7, 11) is 3.95. The lowest BCUT2D eigenvalue weighted by Crippen LogP contribution is -2.14. The molecule has 0 radical (unpaired) electrons. The predicted octanol–water partition coefficient (Wildman–Crippen LogP) is 2.43. The number of benzene rings is 2. The van der Waals surface area contributed by atoms with Crippen molar-refractivity contribution < 1.29 is 13.6 Å². The highest BCUT2D eigenvalue weighted by atomic mass is 32.2. The first-order valence-electron chi connectivity index (χ1n) is 6.97. The van der Waals surface area contributed by atoms with Gasteiger partial charge in [-0.15, -0.1) is 0 Å². The molecule has 0 spiro atoms. The van der Waals surface area contributed by atoms with Crippen molar-refractivity contribution in [2.45, 2.75) is 18.1 Å². The number of carbonyl (C=O) groups is 1. The van der Waals surface area contributed by atoms with Gasteiger partial charge in [0.2, 0.25) is 5.91 Å². The molecule has 0 saturated heterocycles. The number of primary amides is 1. The van der Waals surface area contributed by atoms with Crippen molar-refractivity contribution in [3.63, 3.8) is 0 Å². The first-order valence-corrected chi connectivity index (χ1v) is 8.14. The lowest BCUT2D eigenvalue weighted by Gasteiger charge is -2.15. The highest BCUT2D eigenvalue weighted by Gasteiger charge is 2.19. The molecule has 0 aliphatic heterocycles. The van der Waals surface area contributed by atoms with E-state index in [1.165, 1.54) is 0 Å². The molecule has 0 aliphatic carbocycles. The number of carbonyl (C=O) groups excluding carboxylic acids is 1. The number of amides is 1. The topological polar surface area (TPSA) is 83.6 Å². The summed E-state index contributed by atoms with van der Waals surface area (Å²) in [6.45, 7) is 0. The van der Waals surface area contributed by atoms with Gasteiger partial charge in [0, 0.05) is 26.2 Å². The number of anilines is 1. The van der Waals surface area contributed by atoms with Gasteiger partial charge in [0.15, 0.2) is 11.1 Å². The Morgan fingerprint density at radius 1 is 1.23 bits per heavy atom. The van der Waals surface area contributed by atoms with Crippen molar-refractivity contribution in [3.05, 3.63) is 42.0 Å². The molecule has 6 heteroatoms. The van der Waals surface area contributed by atoms with Gasteiger partial charge in [0.05, 0.1) is 5.25 Å². The van der Waals surface area contributed by atoms with E-state index in [1.807, 2.05) is 49.3 Å². The minimum absolute atomic E-state index is 0.0918. The van der Waals surface area contributed by atoms with Crippen LogP contribution in [-0.4, -0.2) is 28.8 Å². The highest BCUT2D eigenvalue weighted by molar-refractivity contribution is 7.79. The van der Waals surface area contributed by atoms with Crippen LogP contribution in [0.4, 0.5) is 5.69 Å². The third kappa shape index (κ3) is 3.84. The number of rotatable bonds is 6. The normalized spacial score (nSPS) is 13.8. The monoisotopic (exact) mass is 320 g/mol. The van der Waals surface area contributed by atoms with Gasteiger partial charge in [-0.05, 0) is 41.0 Å². The van der Waals surface area contributed by atoms with Crippen molar-refractivity contribution in [2.24, 2.45) is 5.73 Å². The SMILES string of the molecule is CN(C)c1ccc2cc(C(CCC(N)=O)S(=O)O)ccc2c1. The summed E-state index contributed by atoms with van der Waals surface area (Å²) in [5.41, 5.74) is 6.97. The fourth-order valence-corrected chi connectivity index (χ4v) is 3.09. The van der Waals surface area contributed by atoms with Crippen molar-refractivity contribution >= 4 is 33.4 Å². The van der Waals surface area contributed by atoms with Crippen LogP contribution in [0.25, 0.3) is 10.8 Å². The minimum atomic E-state index is -2.04. The number of nitrogens with two attached hydrogens (primary N) is 1. The molecule has 0 bridgehead atoms. The fourth-order valence-electron chi connectivity index (χ4n) is 2.39. The summed E-state index contributed by atoms with van der Waals surface area (Å²) in [6, 6.07) is 11.7. The molecule has 5 nitrogen and oxygen atoms in total. The molecule has 2 rings (SSSR count). The Morgan fingerprint density at radius 3 is 2.45 bits per heavy atom. The summed E-state index contributed by atoms with van der Waals surface area (Å²) in [5.74, 6) is -0.466. The first kappa shape index (κ1) is 16.5. The van der Waals surface area contributed by atoms with Gasteiger partial charge < -0.3 is 15.2 Å². The number of fused-ring (bicyclic) bond motifs is 1. The van der Waals surface area contributed by atoms with Crippen LogP contribution in [0.3, 0.4) is 0 Å². The number of hydrogen-bond acceptors (Lipinski definition) is 3. The van der Waals surface area contributed by atoms with Gasteiger partial charge in [0.25, 0.3) is 0 Å². The molecule has 22 heavy (non-hydrogen) atoms. The van der Waals surface area contributed by atoms with Crippen LogP contribution in [0, 0.1) is 0 Å². The molecule has 0 fully saturated rings. The van der Waals surface area contributed by atoms with E-state index in [0.29, 0.717) is 0 Å². The van der Waals surface area contributed by atoms with Crippen LogP contribution in [0.1, 0.15) is 23.7 Å². The average molecular weight is 320 g/mol. The molecule has 0 saturated carbocycles. The van der Waals surface area contributed by atoms with E-state index in [-0.39, 0.29) is 12.8 Å². The van der Waals surface area contributed by atoms with Gasteiger partial charge >= 0.3 is 0 Å². The van der Waals surface area contributed by atoms with E-state index in [2.05, 4.69) is 6.07 Å². The van der Waals surface area contributed by atoms with E-state index in [0.717, 1.165) is 22.0 Å². The second-order valence-corrected chi connectivity index (χ2v) is 6.58. The molecule has 2 aromatic carbocycles. The summed E-state index contributed by atoms with van der Waals surface area (Å²) in [4.78, 5) is 12.9. The zero-order valence-electron chi connectivity index (χ0n) is 12.7.